The summed E-state index contributed by atoms with van der Waals surface area (Å²) in [6.07, 6.45) is 2.35. The molecule has 1 aliphatic rings. The molecule has 2 rings (SSSR count). The van der Waals surface area contributed by atoms with Gasteiger partial charge in [-0.3, -0.25) is 0 Å². The Kier molecular flexibility index (Phi) is 8.99. The molecule has 1 aromatic heterocycles. The van der Waals surface area contributed by atoms with E-state index in [-0.39, 0.29) is 12.1 Å². The van der Waals surface area contributed by atoms with Crippen LogP contribution < -0.4 is 10.6 Å². The highest BCUT2D eigenvalue weighted by atomic mass is 16.6. The molecule has 10 nitrogen and oxygen atoms in total. The lowest BCUT2D eigenvalue weighted by molar-refractivity contribution is 0.0963. The minimum Gasteiger partial charge on any atom is -0.450 e. The summed E-state index contributed by atoms with van der Waals surface area (Å²) in [6.45, 7) is 7.40. The minimum atomic E-state index is -0.231. The van der Waals surface area contributed by atoms with Gasteiger partial charge in [-0.1, -0.05) is 0 Å². The molecule has 1 fully saturated rings. The first-order valence-electron chi connectivity index (χ1n) is 9.85. The average Bonchev–Trinajstić information content (AvgIpc) is 3.02. The predicted molar refractivity (Wildman–Crippen MR) is 106 cm³/mol. The van der Waals surface area contributed by atoms with Gasteiger partial charge < -0.3 is 29.6 Å². The Morgan fingerprint density at radius 3 is 2.68 bits per heavy atom. The van der Waals surface area contributed by atoms with Crippen molar-refractivity contribution < 1.29 is 14.3 Å². The van der Waals surface area contributed by atoms with Gasteiger partial charge in [-0.05, 0) is 33.1 Å². The molecule has 0 radical (unpaired) electrons. The Morgan fingerprint density at radius 1 is 1.32 bits per heavy atom. The zero-order valence-electron chi connectivity index (χ0n) is 17.4. The van der Waals surface area contributed by atoms with E-state index >= 15 is 0 Å². The molecule has 1 amide bonds. The number of ether oxygens (including phenoxy) is 2. The Morgan fingerprint density at radius 2 is 2.07 bits per heavy atom. The molecule has 158 valence electrons. The SMILES string of the molecule is CCOC(=O)N1CCC(NC(=NCc2nnc(C)n2C)NCCCOC)CC1. The average molecular weight is 396 g/mol. The smallest absolute Gasteiger partial charge is 0.409 e. The van der Waals surface area contributed by atoms with Gasteiger partial charge in [0.05, 0.1) is 6.61 Å². The molecule has 2 N–H and O–H groups in total. The number of aliphatic imine (C=N–C) groups is 1. The van der Waals surface area contributed by atoms with E-state index in [0.29, 0.717) is 32.8 Å². The quantitative estimate of drug-likeness (QED) is 0.381. The number of aryl methyl sites for hydroxylation is 1. The molecular weight excluding hydrogens is 362 g/mol. The van der Waals surface area contributed by atoms with Crippen molar-refractivity contribution in [3.05, 3.63) is 11.6 Å². The summed E-state index contributed by atoms with van der Waals surface area (Å²) in [5, 5.41) is 15.1. The molecule has 1 aliphatic heterocycles. The van der Waals surface area contributed by atoms with Gasteiger partial charge in [0.25, 0.3) is 0 Å². The molecule has 0 aliphatic carbocycles. The maximum atomic E-state index is 11.8. The van der Waals surface area contributed by atoms with Gasteiger partial charge >= 0.3 is 6.09 Å². The lowest BCUT2D eigenvalue weighted by Crippen LogP contribution is -2.50. The second-order valence-electron chi connectivity index (χ2n) is 6.77. The Hall–Kier alpha value is -2.36. The number of rotatable bonds is 8. The van der Waals surface area contributed by atoms with Gasteiger partial charge in [0.15, 0.2) is 11.8 Å². The largest absolute Gasteiger partial charge is 0.450 e. The molecule has 0 aromatic carbocycles. The van der Waals surface area contributed by atoms with E-state index in [0.717, 1.165) is 43.4 Å². The highest BCUT2D eigenvalue weighted by Crippen LogP contribution is 2.11. The zero-order chi connectivity index (χ0) is 20.4. The molecule has 10 heteroatoms. The van der Waals surface area contributed by atoms with Crippen LogP contribution in [0.2, 0.25) is 0 Å². The third-order valence-corrected chi connectivity index (χ3v) is 4.74. The van der Waals surface area contributed by atoms with E-state index < -0.39 is 0 Å². The second kappa shape index (κ2) is 11.5. The number of guanidine groups is 1. The molecule has 0 bridgehead atoms. The van der Waals surface area contributed by atoms with Gasteiger partial charge in [0.2, 0.25) is 0 Å². The standard InChI is InChI=1S/C18H33N7O3/c1-5-28-18(26)25-10-7-15(8-11-25)21-17(19-9-6-12-27-4)20-13-16-23-22-14(2)24(16)3/h15H,5-13H2,1-4H3,(H2,19,20,21). The molecule has 28 heavy (non-hydrogen) atoms. The van der Waals surface area contributed by atoms with Crippen LogP contribution >= 0.6 is 0 Å². The number of carbonyl (C=O) groups excluding carboxylic acids is 1. The highest BCUT2D eigenvalue weighted by molar-refractivity contribution is 5.80. The van der Waals surface area contributed by atoms with Gasteiger partial charge in [0, 0.05) is 46.4 Å². The first kappa shape index (κ1) is 21.9. The zero-order valence-corrected chi connectivity index (χ0v) is 17.4. The van der Waals surface area contributed by atoms with Gasteiger partial charge in [-0.15, -0.1) is 10.2 Å². The van der Waals surface area contributed by atoms with Crippen LogP contribution in [-0.2, 0) is 23.1 Å². The van der Waals surface area contributed by atoms with E-state index in [2.05, 4.69) is 25.8 Å². The summed E-state index contributed by atoms with van der Waals surface area (Å²) in [6, 6.07) is 0.251. The number of nitrogens with zero attached hydrogens (tertiary/aromatic N) is 5. The van der Waals surface area contributed by atoms with Crippen molar-refractivity contribution in [2.24, 2.45) is 12.0 Å². The van der Waals surface area contributed by atoms with Crippen molar-refractivity contribution in [1.29, 1.82) is 0 Å². The monoisotopic (exact) mass is 395 g/mol. The van der Waals surface area contributed by atoms with Crippen molar-refractivity contribution in [1.82, 2.24) is 30.3 Å². The first-order valence-corrected chi connectivity index (χ1v) is 9.85. The van der Waals surface area contributed by atoms with Crippen molar-refractivity contribution in [2.45, 2.75) is 45.7 Å². The second-order valence-corrected chi connectivity index (χ2v) is 6.77. The lowest BCUT2D eigenvalue weighted by atomic mass is 10.1. The van der Waals surface area contributed by atoms with E-state index in [1.54, 1.807) is 12.0 Å². The summed E-state index contributed by atoms with van der Waals surface area (Å²) < 4.78 is 12.1. The van der Waals surface area contributed by atoms with Gasteiger partial charge in [0.1, 0.15) is 12.4 Å². The third-order valence-electron chi connectivity index (χ3n) is 4.74. The van der Waals surface area contributed by atoms with Crippen LogP contribution in [0.25, 0.3) is 0 Å². The number of carbonyl (C=O) groups is 1. The van der Waals surface area contributed by atoms with Gasteiger partial charge in [-0.25, -0.2) is 9.79 Å². The minimum absolute atomic E-state index is 0.231. The van der Waals surface area contributed by atoms with Crippen LogP contribution in [0.1, 0.15) is 37.8 Å². The summed E-state index contributed by atoms with van der Waals surface area (Å²) in [4.78, 5) is 18.3. The Bertz CT molecular complexity index is 639. The molecule has 0 atom stereocenters. The maximum absolute atomic E-state index is 11.8. The van der Waals surface area contributed by atoms with Crippen LogP contribution in [0, 0.1) is 6.92 Å². The van der Waals surface area contributed by atoms with E-state index in [9.17, 15) is 4.79 Å². The Labute approximate surface area is 166 Å². The number of likely N-dealkylation sites (tertiary alicyclic amines) is 1. The van der Waals surface area contributed by atoms with Crippen molar-refractivity contribution in [3.8, 4) is 0 Å². The van der Waals surface area contributed by atoms with Crippen molar-refractivity contribution in [3.63, 3.8) is 0 Å². The van der Waals surface area contributed by atoms with Crippen LogP contribution in [0.4, 0.5) is 4.79 Å². The maximum Gasteiger partial charge on any atom is 0.409 e. The highest BCUT2D eigenvalue weighted by Gasteiger charge is 2.24. The fourth-order valence-electron chi connectivity index (χ4n) is 2.93. The van der Waals surface area contributed by atoms with E-state index in [1.165, 1.54) is 0 Å². The number of aromatic nitrogens is 3. The molecule has 1 aromatic rings. The number of piperidine rings is 1. The summed E-state index contributed by atoms with van der Waals surface area (Å²) >= 11 is 0. The predicted octanol–water partition coefficient (Wildman–Crippen LogP) is 0.816. The number of methoxy groups -OCH3 is 1. The molecule has 2 heterocycles. The number of hydrogen-bond acceptors (Lipinski definition) is 6. The normalized spacial score (nSPS) is 15.6. The van der Waals surface area contributed by atoms with Crippen LogP contribution in [-0.4, -0.2) is 77.7 Å². The number of amides is 1. The van der Waals surface area contributed by atoms with Crippen LogP contribution in [0.15, 0.2) is 4.99 Å². The van der Waals surface area contributed by atoms with Crippen LogP contribution in [0.3, 0.4) is 0 Å². The summed E-state index contributed by atoms with van der Waals surface area (Å²) in [5.41, 5.74) is 0. The van der Waals surface area contributed by atoms with E-state index in [4.69, 9.17) is 9.47 Å². The molecule has 0 saturated carbocycles. The Balaban J connectivity index is 1.91. The molecule has 0 spiro atoms. The van der Waals surface area contributed by atoms with Gasteiger partial charge in [-0.2, -0.15) is 0 Å². The topological polar surface area (TPSA) is 106 Å². The fourth-order valence-corrected chi connectivity index (χ4v) is 2.93. The number of nitrogens with one attached hydrogen (secondary N) is 2. The number of hydrogen-bond donors (Lipinski definition) is 2. The van der Waals surface area contributed by atoms with Crippen molar-refractivity contribution >= 4 is 12.1 Å². The first-order chi connectivity index (χ1) is 13.5. The summed E-state index contributed by atoms with van der Waals surface area (Å²) in [7, 11) is 3.63. The van der Waals surface area contributed by atoms with Crippen molar-refractivity contribution in [2.75, 3.05) is 40.0 Å². The molecule has 1 saturated heterocycles. The molecular formula is C18H33N7O3. The fraction of sp³-hybridized carbons (Fsp3) is 0.778. The molecule has 0 unspecified atom stereocenters. The van der Waals surface area contributed by atoms with Crippen LogP contribution in [0.5, 0.6) is 0 Å². The summed E-state index contributed by atoms with van der Waals surface area (Å²) in [5.74, 6) is 2.41. The van der Waals surface area contributed by atoms with E-state index in [1.807, 2.05) is 25.5 Å². The lowest BCUT2D eigenvalue weighted by Gasteiger charge is -2.32. The third kappa shape index (κ3) is 6.66.